The molecule has 2 N–H and O–H groups in total. The molecule has 16 heavy (non-hydrogen) atoms. The van der Waals surface area contributed by atoms with Gasteiger partial charge in [0, 0.05) is 10.5 Å². The monoisotopic (exact) mass is 346 g/mol. The first kappa shape index (κ1) is 11.4. The van der Waals surface area contributed by atoms with E-state index < -0.39 is 0 Å². The Balaban J connectivity index is 2.56. The summed E-state index contributed by atoms with van der Waals surface area (Å²) in [5, 5.41) is 7.62. The Bertz CT molecular complexity index is 526. The summed E-state index contributed by atoms with van der Waals surface area (Å²) in [4.78, 5) is 0. The molecule has 1 aromatic carbocycles. The van der Waals surface area contributed by atoms with E-state index in [2.05, 4.69) is 42.2 Å². The first-order chi connectivity index (χ1) is 7.61. The second kappa shape index (κ2) is 4.42. The molecule has 0 saturated carbocycles. The van der Waals surface area contributed by atoms with Gasteiger partial charge in [0.15, 0.2) is 5.82 Å². The van der Waals surface area contributed by atoms with E-state index in [0.29, 0.717) is 11.6 Å². The highest BCUT2D eigenvalue weighted by molar-refractivity contribution is 9.11. The fourth-order valence-electron chi connectivity index (χ4n) is 1.24. The van der Waals surface area contributed by atoms with Crippen LogP contribution >= 0.6 is 31.9 Å². The van der Waals surface area contributed by atoms with Crippen molar-refractivity contribution in [2.45, 2.75) is 0 Å². The number of benzene rings is 1. The number of hydrogen-bond donors (Lipinski definition) is 1. The van der Waals surface area contributed by atoms with Gasteiger partial charge in [0.25, 0.3) is 0 Å². The van der Waals surface area contributed by atoms with E-state index in [0.717, 1.165) is 14.6 Å². The second-order valence-electron chi connectivity index (χ2n) is 3.03. The minimum Gasteiger partial charge on any atom is -0.495 e. The van der Waals surface area contributed by atoms with Gasteiger partial charge in [0.2, 0.25) is 0 Å². The van der Waals surface area contributed by atoms with Gasteiger partial charge in [-0.1, -0.05) is 5.21 Å². The Morgan fingerprint density at radius 3 is 2.62 bits per heavy atom. The number of nitrogen functional groups attached to an aromatic ring is 1. The predicted octanol–water partition coefficient (Wildman–Crippen LogP) is 2.38. The number of aromatic nitrogens is 3. The number of ether oxygens (including phenoxy) is 1. The van der Waals surface area contributed by atoms with Crippen molar-refractivity contribution in [3.8, 4) is 11.4 Å². The molecular formula is C9H8Br2N4O. The third kappa shape index (κ3) is 2.05. The lowest BCUT2D eigenvalue weighted by Crippen LogP contribution is -1.97. The summed E-state index contributed by atoms with van der Waals surface area (Å²) in [6.45, 7) is 0. The lowest BCUT2D eigenvalue weighted by molar-refractivity contribution is 0.411. The standard InChI is InChI=1S/C9H8Br2N4O/c1-16-8-3-7(5(10)2-6(8)11)15-4-9(12)13-14-15/h2-4H,12H2,1H3. The second-order valence-corrected chi connectivity index (χ2v) is 4.73. The Morgan fingerprint density at radius 1 is 1.31 bits per heavy atom. The number of nitrogens with two attached hydrogens (primary N) is 1. The molecule has 0 aliphatic carbocycles. The largest absolute Gasteiger partial charge is 0.495 e. The fourth-order valence-corrected chi connectivity index (χ4v) is 2.58. The molecule has 0 amide bonds. The van der Waals surface area contributed by atoms with E-state index in [1.165, 1.54) is 0 Å². The number of anilines is 1. The Kier molecular flexibility index (Phi) is 3.15. The minimum absolute atomic E-state index is 0.369. The van der Waals surface area contributed by atoms with E-state index in [9.17, 15) is 0 Å². The van der Waals surface area contributed by atoms with Gasteiger partial charge in [-0.2, -0.15) is 0 Å². The molecule has 7 heteroatoms. The van der Waals surface area contributed by atoms with Crippen molar-refractivity contribution < 1.29 is 4.74 Å². The average Bonchev–Trinajstić information content (AvgIpc) is 2.65. The number of rotatable bonds is 2. The zero-order valence-corrected chi connectivity index (χ0v) is 11.5. The molecule has 0 aliphatic heterocycles. The van der Waals surface area contributed by atoms with Crippen LogP contribution in [0.4, 0.5) is 5.82 Å². The van der Waals surface area contributed by atoms with Crippen LogP contribution in [0.5, 0.6) is 5.75 Å². The fraction of sp³-hybridized carbons (Fsp3) is 0.111. The van der Waals surface area contributed by atoms with Crippen LogP contribution in [0.3, 0.4) is 0 Å². The Hall–Kier alpha value is -1.08. The molecular weight excluding hydrogens is 340 g/mol. The lowest BCUT2D eigenvalue weighted by atomic mass is 10.3. The predicted molar refractivity (Wildman–Crippen MR) is 67.7 cm³/mol. The highest BCUT2D eigenvalue weighted by atomic mass is 79.9. The summed E-state index contributed by atoms with van der Waals surface area (Å²) >= 11 is 6.84. The van der Waals surface area contributed by atoms with Crippen molar-refractivity contribution in [1.29, 1.82) is 0 Å². The summed E-state index contributed by atoms with van der Waals surface area (Å²) in [6, 6.07) is 3.72. The summed E-state index contributed by atoms with van der Waals surface area (Å²) in [6.07, 6.45) is 1.63. The lowest BCUT2D eigenvalue weighted by Gasteiger charge is -2.08. The Labute approximate surface area is 109 Å². The zero-order valence-electron chi connectivity index (χ0n) is 8.32. The maximum Gasteiger partial charge on any atom is 0.166 e. The molecule has 5 nitrogen and oxygen atoms in total. The normalized spacial score (nSPS) is 10.4. The molecule has 0 bridgehead atoms. The quantitative estimate of drug-likeness (QED) is 0.905. The van der Waals surface area contributed by atoms with Crippen LogP contribution in [0.2, 0.25) is 0 Å². The number of hydrogen-bond acceptors (Lipinski definition) is 4. The zero-order chi connectivity index (χ0) is 11.7. The SMILES string of the molecule is COc1cc(-n2cc(N)nn2)c(Br)cc1Br. The topological polar surface area (TPSA) is 66.0 Å². The molecule has 0 atom stereocenters. The van der Waals surface area contributed by atoms with E-state index in [1.54, 1.807) is 18.0 Å². The maximum atomic E-state index is 5.52. The summed E-state index contributed by atoms with van der Waals surface area (Å²) < 4.78 is 8.51. The van der Waals surface area contributed by atoms with Crippen LogP contribution in [0.25, 0.3) is 5.69 Å². The number of nitrogens with zero attached hydrogens (tertiary/aromatic N) is 3. The summed E-state index contributed by atoms with van der Waals surface area (Å²) in [5.74, 6) is 1.08. The van der Waals surface area contributed by atoms with Crippen molar-refractivity contribution in [3.63, 3.8) is 0 Å². The molecule has 0 radical (unpaired) electrons. The molecule has 2 aromatic rings. The molecule has 0 saturated heterocycles. The third-order valence-corrected chi connectivity index (χ3v) is 3.23. The molecule has 1 aromatic heterocycles. The number of methoxy groups -OCH3 is 1. The van der Waals surface area contributed by atoms with Gasteiger partial charge < -0.3 is 10.5 Å². The summed E-state index contributed by atoms with van der Waals surface area (Å²) in [5.41, 5.74) is 6.33. The van der Waals surface area contributed by atoms with Crippen LogP contribution in [0, 0.1) is 0 Å². The van der Waals surface area contributed by atoms with Crippen LogP contribution in [0.15, 0.2) is 27.3 Å². The highest BCUT2D eigenvalue weighted by Gasteiger charge is 2.10. The van der Waals surface area contributed by atoms with Crippen molar-refractivity contribution in [2.75, 3.05) is 12.8 Å². The maximum absolute atomic E-state index is 5.52. The molecule has 0 fully saturated rings. The molecule has 0 aliphatic rings. The first-order valence-electron chi connectivity index (χ1n) is 4.33. The molecule has 0 unspecified atom stereocenters. The van der Waals surface area contributed by atoms with E-state index in [4.69, 9.17) is 10.5 Å². The van der Waals surface area contributed by atoms with Crippen molar-refractivity contribution in [3.05, 3.63) is 27.3 Å². The van der Waals surface area contributed by atoms with E-state index in [1.807, 2.05) is 12.1 Å². The average molecular weight is 348 g/mol. The number of halogens is 2. The van der Waals surface area contributed by atoms with Gasteiger partial charge in [0.05, 0.1) is 23.5 Å². The van der Waals surface area contributed by atoms with Gasteiger partial charge in [-0.05, 0) is 37.9 Å². The van der Waals surface area contributed by atoms with Gasteiger partial charge >= 0.3 is 0 Å². The first-order valence-corrected chi connectivity index (χ1v) is 5.91. The van der Waals surface area contributed by atoms with Crippen LogP contribution in [-0.4, -0.2) is 22.1 Å². The van der Waals surface area contributed by atoms with Crippen molar-refractivity contribution in [1.82, 2.24) is 15.0 Å². The van der Waals surface area contributed by atoms with Gasteiger partial charge in [0.1, 0.15) is 5.75 Å². The van der Waals surface area contributed by atoms with Crippen molar-refractivity contribution >= 4 is 37.7 Å². The Morgan fingerprint density at radius 2 is 2.06 bits per heavy atom. The van der Waals surface area contributed by atoms with Crippen LogP contribution < -0.4 is 10.5 Å². The van der Waals surface area contributed by atoms with Crippen LogP contribution in [0.1, 0.15) is 0 Å². The molecule has 2 rings (SSSR count). The molecule has 0 spiro atoms. The molecule has 1 heterocycles. The molecule has 84 valence electrons. The van der Waals surface area contributed by atoms with E-state index >= 15 is 0 Å². The van der Waals surface area contributed by atoms with Gasteiger partial charge in [-0.25, -0.2) is 4.68 Å². The smallest absolute Gasteiger partial charge is 0.166 e. The highest BCUT2D eigenvalue weighted by Crippen LogP contribution is 2.33. The van der Waals surface area contributed by atoms with E-state index in [-0.39, 0.29) is 0 Å². The summed E-state index contributed by atoms with van der Waals surface area (Å²) in [7, 11) is 1.60. The van der Waals surface area contributed by atoms with Crippen molar-refractivity contribution in [2.24, 2.45) is 0 Å². The van der Waals surface area contributed by atoms with Gasteiger partial charge in [-0.3, -0.25) is 0 Å². The third-order valence-electron chi connectivity index (χ3n) is 1.98. The van der Waals surface area contributed by atoms with Gasteiger partial charge in [-0.15, -0.1) is 5.10 Å². The minimum atomic E-state index is 0.369. The van der Waals surface area contributed by atoms with Crippen LogP contribution in [-0.2, 0) is 0 Å².